The zero-order chi connectivity index (χ0) is 35.1. The second kappa shape index (κ2) is 31.9. The Morgan fingerprint density at radius 3 is 1.69 bits per heavy atom. The van der Waals surface area contributed by atoms with E-state index in [-0.39, 0.29) is 19.2 Å². The van der Waals surface area contributed by atoms with Gasteiger partial charge in [-0.05, 0) is 38.5 Å². The summed E-state index contributed by atoms with van der Waals surface area (Å²) in [6.07, 6.45) is 25.3. The fourth-order valence-corrected chi connectivity index (χ4v) is 6.01. The molecular weight excluding hydrogens is 612 g/mol. The summed E-state index contributed by atoms with van der Waals surface area (Å²) in [6, 6.07) is 0. The second-order valence-corrected chi connectivity index (χ2v) is 13.7. The lowest BCUT2D eigenvalue weighted by Gasteiger charge is -2.39. The number of aliphatic hydroxyl groups is 4. The van der Waals surface area contributed by atoms with Crippen molar-refractivity contribution in [2.45, 2.75) is 205 Å². The Balaban J connectivity index is 2.27. The third kappa shape index (κ3) is 23.4. The Bertz CT molecular complexity index is 747. The van der Waals surface area contributed by atoms with Crippen LogP contribution in [0.2, 0.25) is 0 Å². The van der Waals surface area contributed by atoms with Gasteiger partial charge in [0.1, 0.15) is 30.5 Å². The Morgan fingerprint density at radius 1 is 0.646 bits per heavy atom. The monoisotopic (exact) mass is 687 g/mol. The van der Waals surface area contributed by atoms with E-state index in [2.05, 4.69) is 26.0 Å². The molecule has 0 bridgehead atoms. The molecule has 284 valence electrons. The fourth-order valence-electron chi connectivity index (χ4n) is 6.01. The van der Waals surface area contributed by atoms with E-state index in [1.54, 1.807) is 0 Å². The van der Waals surface area contributed by atoms with Gasteiger partial charge in [-0.25, -0.2) is 0 Å². The van der Waals surface area contributed by atoms with Crippen LogP contribution in [0.1, 0.15) is 168 Å². The van der Waals surface area contributed by atoms with E-state index < -0.39 is 43.4 Å². The van der Waals surface area contributed by atoms with Gasteiger partial charge in [0.25, 0.3) is 0 Å². The zero-order valence-electron chi connectivity index (χ0n) is 30.7. The SMILES string of the molecule is CCCCCCCC/C=C\CCCCCCCCCC(=O)OC(COCCCCCCCCCC)COC1OC(CO)C(O)C(O)C1O. The number of carbonyl (C=O) groups excluding carboxylic acids is 1. The molecule has 1 fully saturated rings. The standard InChI is InChI=1S/C39H74O9/c1-3-5-7-9-11-13-14-15-16-17-18-19-20-21-22-24-26-28-35(41)47-33(31-45-29-27-25-23-12-10-8-6-4-2)32-46-39-38(44)37(43)36(42)34(30-40)48-39/h15-16,33-34,36-40,42-44H,3-14,17-32H2,1-2H3/b16-15-. The van der Waals surface area contributed by atoms with Gasteiger partial charge in [0.15, 0.2) is 6.29 Å². The van der Waals surface area contributed by atoms with Crippen molar-refractivity contribution >= 4 is 5.97 Å². The Hall–Kier alpha value is -1.07. The maximum absolute atomic E-state index is 12.7. The highest BCUT2D eigenvalue weighted by molar-refractivity contribution is 5.69. The van der Waals surface area contributed by atoms with E-state index >= 15 is 0 Å². The fraction of sp³-hybridized carbons (Fsp3) is 0.923. The maximum Gasteiger partial charge on any atom is 0.306 e. The minimum absolute atomic E-state index is 0.111. The summed E-state index contributed by atoms with van der Waals surface area (Å²) in [5, 5.41) is 39.9. The first-order valence-electron chi connectivity index (χ1n) is 19.8. The lowest BCUT2D eigenvalue weighted by Crippen LogP contribution is -2.59. The third-order valence-electron chi connectivity index (χ3n) is 9.18. The van der Waals surface area contributed by atoms with Gasteiger partial charge in [-0.3, -0.25) is 4.79 Å². The molecule has 48 heavy (non-hydrogen) atoms. The van der Waals surface area contributed by atoms with Gasteiger partial charge in [0.05, 0.1) is 19.8 Å². The third-order valence-corrected chi connectivity index (χ3v) is 9.18. The van der Waals surface area contributed by atoms with Gasteiger partial charge in [0, 0.05) is 13.0 Å². The summed E-state index contributed by atoms with van der Waals surface area (Å²) < 4.78 is 22.6. The van der Waals surface area contributed by atoms with Crippen molar-refractivity contribution < 1.29 is 44.2 Å². The van der Waals surface area contributed by atoms with Gasteiger partial charge < -0.3 is 39.4 Å². The highest BCUT2D eigenvalue weighted by Gasteiger charge is 2.44. The van der Waals surface area contributed by atoms with E-state index in [1.165, 1.54) is 116 Å². The molecular formula is C39H74O9. The zero-order valence-corrected chi connectivity index (χ0v) is 30.7. The lowest BCUT2D eigenvalue weighted by molar-refractivity contribution is -0.305. The van der Waals surface area contributed by atoms with E-state index in [0.717, 1.165) is 32.1 Å². The van der Waals surface area contributed by atoms with Crippen LogP contribution < -0.4 is 0 Å². The summed E-state index contributed by atoms with van der Waals surface area (Å²) in [7, 11) is 0. The Labute approximate surface area is 293 Å². The number of hydrogen-bond donors (Lipinski definition) is 4. The summed E-state index contributed by atoms with van der Waals surface area (Å²) in [4.78, 5) is 12.7. The molecule has 0 aromatic carbocycles. The number of hydrogen-bond acceptors (Lipinski definition) is 9. The number of ether oxygens (including phenoxy) is 4. The van der Waals surface area contributed by atoms with Gasteiger partial charge in [-0.15, -0.1) is 0 Å². The van der Waals surface area contributed by atoms with Crippen molar-refractivity contribution in [1.82, 2.24) is 0 Å². The maximum atomic E-state index is 12.7. The van der Waals surface area contributed by atoms with Crippen LogP contribution in [0.3, 0.4) is 0 Å². The van der Waals surface area contributed by atoms with Crippen molar-refractivity contribution in [3.05, 3.63) is 12.2 Å². The van der Waals surface area contributed by atoms with Crippen LogP contribution in [-0.4, -0.2) is 89.6 Å². The van der Waals surface area contributed by atoms with E-state index in [9.17, 15) is 25.2 Å². The largest absolute Gasteiger partial charge is 0.457 e. The minimum atomic E-state index is -1.53. The van der Waals surface area contributed by atoms with Crippen molar-refractivity contribution in [3.8, 4) is 0 Å². The van der Waals surface area contributed by atoms with Crippen LogP contribution in [-0.2, 0) is 23.7 Å². The molecule has 0 aromatic rings. The van der Waals surface area contributed by atoms with Gasteiger partial charge in [-0.2, -0.15) is 0 Å². The summed E-state index contributed by atoms with van der Waals surface area (Å²) in [6.45, 7) is 4.53. The van der Waals surface area contributed by atoms with E-state index in [0.29, 0.717) is 13.0 Å². The molecule has 0 amide bonds. The summed E-state index contributed by atoms with van der Waals surface area (Å²) in [5.74, 6) is -0.319. The summed E-state index contributed by atoms with van der Waals surface area (Å²) in [5.41, 5.74) is 0. The number of rotatable bonds is 33. The molecule has 6 unspecified atom stereocenters. The predicted molar refractivity (Wildman–Crippen MR) is 192 cm³/mol. The van der Waals surface area contributed by atoms with E-state index in [4.69, 9.17) is 18.9 Å². The normalized spacial score (nSPS) is 22.0. The van der Waals surface area contributed by atoms with Crippen molar-refractivity contribution in [3.63, 3.8) is 0 Å². The molecule has 0 radical (unpaired) electrons. The van der Waals surface area contributed by atoms with Crippen molar-refractivity contribution in [1.29, 1.82) is 0 Å². The molecule has 6 atom stereocenters. The summed E-state index contributed by atoms with van der Waals surface area (Å²) >= 11 is 0. The first-order valence-corrected chi connectivity index (χ1v) is 19.8. The Morgan fingerprint density at radius 2 is 1.15 bits per heavy atom. The molecule has 1 heterocycles. The molecule has 1 aliphatic heterocycles. The first-order chi connectivity index (χ1) is 23.4. The average Bonchev–Trinajstić information content (AvgIpc) is 3.08. The number of allylic oxidation sites excluding steroid dienone is 2. The quantitative estimate of drug-likeness (QED) is 0.0311. The molecule has 9 nitrogen and oxygen atoms in total. The van der Waals surface area contributed by atoms with Crippen LogP contribution in [0, 0.1) is 0 Å². The van der Waals surface area contributed by atoms with Crippen LogP contribution >= 0.6 is 0 Å². The second-order valence-electron chi connectivity index (χ2n) is 13.7. The number of carbonyl (C=O) groups is 1. The molecule has 0 spiro atoms. The van der Waals surface area contributed by atoms with Gasteiger partial charge in [0.2, 0.25) is 0 Å². The predicted octanol–water partition coefficient (Wildman–Crippen LogP) is 7.69. The highest BCUT2D eigenvalue weighted by Crippen LogP contribution is 2.22. The van der Waals surface area contributed by atoms with Gasteiger partial charge in [-0.1, -0.05) is 135 Å². The number of esters is 1. The van der Waals surface area contributed by atoms with Crippen molar-refractivity contribution in [2.75, 3.05) is 26.4 Å². The number of aliphatic hydroxyl groups excluding tert-OH is 4. The molecule has 4 N–H and O–H groups in total. The molecule has 0 saturated carbocycles. The van der Waals surface area contributed by atoms with Crippen LogP contribution in [0.4, 0.5) is 0 Å². The lowest BCUT2D eigenvalue weighted by atomic mass is 9.99. The molecule has 1 saturated heterocycles. The molecule has 0 aliphatic carbocycles. The minimum Gasteiger partial charge on any atom is -0.457 e. The molecule has 0 aromatic heterocycles. The highest BCUT2D eigenvalue weighted by atomic mass is 16.7. The van der Waals surface area contributed by atoms with Gasteiger partial charge >= 0.3 is 5.97 Å². The molecule has 9 heteroatoms. The van der Waals surface area contributed by atoms with Crippen LogP contribution in [0.25, 0.3) is 0 Å². The van der Waals surface area contributed by atoms with Crippen LogP contribution in [0.15, 0.2) is 12.2 Å². The molecule has 1 rings (SSSR count). The molecule has 1 aliphatic rings. The topological polar surface area (TPSA) is 135 Å². The number of unbranched alkanes of at least 4 members (excludes halogenated alkanes) is 20. The average molecular weight is 687 g/mol. The van der Waals surface area contributed by atoms with Crippen molar-refractivity contribution in [2.24, 2.45) is 0 Å². The van der Waals surface area contributed by atoms with E-state index in [1.807, 2.05) is 0 Å². The Kier molecular flexibility index (Phi) is 29.9. The first kappa shape index (κ1) is 45.0. The van der Waals surface area contributed by atoms with Crippen LogP contribution in [0.5, 0.6) is 0 Å². The smallest absolute Gasteiger partial charge is 0.306 e.